The second kappa shape index (κ2) is 6.66. The minimum atomic E-state index is -4.49. The lowest BCUT2D eigenvalue weighted by Gasteiger charge is -2.24. The van der Waals surface area contributed by atoms with Crippen LogP contribution in [0.3, 0.4) is 0 Å². The molecule has 23 heavy (non-hydrogen) atoms. The molecule has 0 aliphatic rings. The second-order valence-corrected chi connectivity index (χ2v) is 6.41. The number of amides is 1. The van der Waals surface area contributed by atoms with Crippen molar-refractivity contribution >= 4 is 17.2 Å². The maximum Gasteiger partial charge on any atom is 0.408 e. The Morgan fingerprint density at radius 3 is 2.57 bits per heavy atom. The molecule has 8 heteroatoms. The van der Waals surface area contributed by atoms with Crippen molar-refractivity contribution in [3.05, 3.63) is 35.1 Å². The van der Waals surface area contributed by atoms with Crippen LogP contribution in [-0.2, 0) is 0 Å². The number of alkyl halides is 3. The topological polar surface area (TPSA) is 54.9 Å². The third-order valence-electron chi connectivity index (χ3n) is 3.22. The van der Waals surface area contributed by atoms with E-state index in [9.17, 15) is 18.0 Å². The average molecular weight is 343 g/mol. The lowest BCUT2D eigenvalue weighted by Crippen LogP contribution is -2.48. The fraction of sp³-hybridized carbons (Fsp3) is 0.400. The van der Waals surface area contributed by atoms with Gasteiger partial charge in [-0.2, -0.15) is 13.2 Å². The number of rotatable bonds is 4. The first kappa shape index (κ1) is 17.4. The summed E-state index contributed by atoms with van der Waals surface area (Å²) in [6.45, 7) is 4.43. The number of hydrogen-bond donors (Lipinski definition) is 1. The molecule has 1 N–H and O–H groups in total. The molecule has 124 valence electrons. The zero-order valence-electron chi connectivity index (χ0n) is 12.8. The predicted molar refractivity (Wildman–Crippen MR) is 82.2 cm³/mol. The van der Waals surface area contributed by atoms with Crippen molar-refractivity contribution in [1.29, 1.82) is 0 Å². The highest BCUT2D eigenvalue weighted by Crippen LogP contribution is 2.29. The summed E-state index contributed by atoms with van der Waals surface area (Å²) in [5, 5.41) is 2.62. The number of pyridine rings is 1. The van der Waals surface area contributed by atoms with E-state index in [1.165, 1.54) is 13.8 Å². The van der Waals surface area contributed by atoms with Crippen LogP contribution in [0.25, 0.3) is 10.6 Å². The van der Waals surface area contributed by atoms with Gasteiger partial charge >= 0.3 is 6.18 Å². The van der Waals surface area contributed by atoms with Crippen molar-refractivity contribution in [3.8, 4) is 10.6 Å². The van der Waals surface area contributed by atoms with E-state index in [0.717, 1.165) is 16.9 Å². The maximum absolute atomic E-state index is 13.0. The van der Waals surface area contributed by atoms with E-state index in [1.807, 2.05) is 0 Å². The van der Waals surface area contributed by atoms with Gasteiger partial charge in [0.05, 0.1) is 5.69 Å². The highest BCUT2D eigenvalue weighted by Gasteiger charge is 2.43. The highest BCUT2D eigenvalue weighted by molar-refractivity contribution is 7.17. The molecule has 0 bridgehead atoms. The zero-order valence-corrected chi connectivity index (χ0v) is 13.6. The molecule has 1 unspecified atom stereocenters. The lowest BCUT2D eigenvalue weighted by molar-refractivity contribution is -0.162. The first-order valence-electron chi connectivity index (χ1n) is 6.95. The highest BCUT2D eigenvalue weighted by atomic mass is 32.1. The number of thiazole rings is 1. The Morgan fingerprint density at radius 1 is 1.35 bits per heavy atom. The Bertz CT molecular complexity index is 683. The minimum Gasteiger partial charge on any atom is -0.339 e. The summed E-state index contributed by atoms with van der Waals surface area (Å²) >= 11 is 1.05. The van der Waals surface area contributed by atoms with Crippen molar-refractivity contribution in [2.75, 3.05) is 0 Å². The fourth-order valence-electron chi connectivity index (χ4n) is 2.05. The fourth-order valence-corrected chi connectivity index (χ4v) is 3.01. The third kappa shape index (κ3) is 4.07. The molecule has 1 atom stereocenters. The van der Waals surface area contributed by atoms with Crippen LogP contribution >= 0.6 is 11.3 Å². The van der Waals surface area contributed by atoms with Gasteiger partial charge in [-0.15, -0.1) is 11.3 Å². The van der Waals surface area contributed by atoms with Gasteiger partial charge in [-0.25, -0.2) is 4.98 Å². The van der Waals surface area contributed by atoms with E-state index in [-0.39, 0.29) is 4.88 Å². The quantitative estimate of drug-likeness (QED) is 0.918. The Balaban J connectivity index is 2.25. The van der Waals surface area contributed by atoms with Crippen LogP contribution in [0.1, 0.15) is 29.2 Å². The molecule has 0 saturated heterocycles. The van der Waals surface area contributed by atoms with Gasteiger partial charge in [-0.1, -0.05) is 13.8 Å². The SMILES string of the molecule is Cc1nc(-c2cccnc2)sc1C(=O)NC(C(C)C)C(F)(F)F. The Labute approximate surface area is 135 Å². The Hall–Kier alpha value is -1.96. The molecular weight excluding hydrogens is 327 g/mol. The number of nitrogens with one attached hydrogen (secondary N) is 1. The smallest absolute Gasteiger partial charge is 0.339 e. The molecule has 0 aliphatic heterocycles. The van der Waals surface area contributed by atoms with Crippen LogP contribution in [0.4, 0.5) is 13.2 Å². The van der Waals surface area contributed by atoms with Crippen LogP contribution in [0.2, 0.25) is 0 Å². The molecule has 2 heterocycles. The molecule has 0 aromatic carbocycles. The summed E-state index contributed by atoms with van der Waals surface area (Å²) in [5.41, 5.74) is 1.12. The van der Waals surface area contributed by atoms with Crippen molar-refractivity contribution in [2.45, 2.75) is 33.0 Å². The van der Waals surface area contributed by atoms with Gasteiger partial charge in [-0.05, 0) is 25.0 Å². The molecule has 2 aromatic rings. The monoisotopic (exact) mass is 343 g/mol. The van der Waals surface area contributed by atoms with Crippen LogP contribution in [0.5, 0.6) is 0 Å². The minimum absolute atomic E-state index is 0.179. The van der Waals surface area contributed by atoms with Crippen molar-refractivity contribution in [1.82, 2.24) is 15.3 Å². The van der Waals surface area contributed by atoms with Crippen LogP contribution < -0.4 is 5.32 Å². The number of aromatic nitrogens is 2. The molecule has 0 spiro atoms. The zero-order chi connectivity index (χ0) is 17.2. The van der Waals surface area contributed by atoms with E-state index in [4.69, 9.17) is 0 Å². The molecule has 4 nitrogen and oxygen atoms in total. The number of hydrogen-bond acceptors (Lipinski definition) is 4. The van der Waals surface area contributed by atoms with Gasteiger partial charge in [-0.3, -0.25) is 9.78 Å². The van der Waals surface area contributed by atoms with Gasteiger partial charge in [0.25, 0.3) is 5.91 Å². The normalized spacial score (nSPS) is 13.2. The van der Waals surface area contributed by atoms with Gasteiger partial charge in [0, 0.05) is 18.0 Å². The summed E-state index contributed by atoms with van der Waals surface area (Å²) in [7, 11) is 0. The van der Waals surface area contributed by atoms with Crippen LogP contribution in [0, 0.1) is 12.8 Å². The Morgan fingerprint density at radius 2 is 2.04 bits per heavy atom. The largest absolute Gasteiger partial charge is 0.408 e. The number of carbonyl (C=O) groups is 1. The van der Waals surface area contributed by atoms with E-state index < -0.39 is 24.0 Å². The first-order chi connectivity index (χ1) is 10.7. The summed E-state index contributed by atoms with van der Waals surface area (Å²) in [6, 6.07) is 1.61. The van der Waals surface area contributed by atoms with E-state index in [1.54, 1.807) is 31.5 Å². The predicted octanol–water partition coefficient (Wildman–Crippen LogP) is 3.83. The molecule has 1 amide bonds. The summed E-state index contributed by atoms with van der Waals surface area (Å²) < 4.78 is 38.9. The van der Waals surface area contributed by atoms with Gasteiger partial charge in [0.1, 0.15) is 15.9 Å². The van der Waals surface area contributed by atoms with Crippen LogP contribution in [-0.4, -0.2) is 28.1 Å². The first-order valence-corrected chi connectivity index (χ1v) is 7.77. The Kier molecular flexibility index (Phi) is 5.03. The number of nitrogens with zero attached hydrogens (tertiary/aromatic N) is 2. The van der Waals surface area contributed by atoms with E-state index >= 15 is 0 Å². The molecular formula is C15H16F3N3OS. The summed E-state index contributed by atoms with van der Waals surface area (Å²) in [4.78, 5) is 20.6. The second-order valence-electron chi connectivity index (χ2n) is 5.41. The van der Waals surface area contributed by atoms with Crippen LogP contribution in [0.15, 0.2) is 24.5 Å². The van der Waals surface area contributed by atoms with Crippen molar-refractivity contribution in [3.63, 3.8) is 0 Å². The van der Waals surface area contributed by atoms with E-state index in [0.29, 0.717) is 10.7 Å². The number of aryl methyl sites for hydroxylation is 1. The van der Waals surface area contributed by atoms with Gasteiger partial charge in [0.15, 0.2) is 0 Å². The van der Waals surface area contributed by atoms with E-state index in [2.05, 4.69) is 15.3 Å². The molecule has 0 saturated carbocycles. The molecule has 2 rings (SSSR count). The molecule has 0 radical (unpaired) electrons. The number of carbonyl (C=O) groups excluding carboxylic acids is 1. The third-order valence-corrected chi connectivity index (χ3v) is 4.42. The summed E-state index contributed by atoms with van der Waals surface area (Å²) in [5.74, 6) is -1.52. The average Bonchev–Trinajstić information content (AvgIpc) is 2.86. The van der Waals surface area contributed by atoms with Crippen molar-refractivity contribution < 1.29 is 18.0 Å². The van der Waals surface area contributed by atoms with Gasteiger partial charge < -0.3 is 5.32 Å². The standard InChI is InChI=1S/C15H16F3N3OS/c1-8(2)12(15(16,17)18)21-13(22)11-9(3)20-14(23-11)10-5-4-6-19-7-10/h4-8,12H,1-3H3,(H,21,22). The van der Waals surface area contributed by atoms with Gasteiger partial charge in [0.2, 0.25) is 0 Å². The lowest BCUT2D eigenvalue weighted by atomic mass is 10.0. The summed E-state index contributed by atoms with van der Waals surface area (Å²) in [6.07, 6.45) is -1.30. The molecule has 0 fully saturated rings. The van der Waals surface area contributed by atoms with Crippen molar-refractivity contribution in [2.24, 2.45) is 5.92 Å². The molecule has 2 aromatic heterocycles. The maximum atomic E-state index is 13.0. The molecule has 0 aliphatic carbocycles. The number of halogens is 3.